The van der Waals surface area contributed by atoms with Crippen LogP contribution in [0.5, 0.6) is 0 Å². The van der Waals surface area contributed by atoms with Gasteiger partial charge in [0.2, 0.25) is 17.2 Å². The number of aliphatic hydroxyl groups is 1. The molecule has 2 aliphatic rings. The zero-order valence-electron chi connectivity index (χ0n) is 27.1. The summed E-state index contributed by atoms with van der Waals surface area (Å²) in [5, 5.41) is 21.9. The van der Waals surface area contributed by atoms with Crippen LogP contribution in [0.25, 0.3) is 10.9 Å². The highest BCUT2D eigenvalue weighted by Gasteiger charge is 2.44. The van der Waals surface area contributed by atoms with Crippen molar-refractivity contribution in [2.24, 2.45) is 16.6 Å². The topological polar surface area (TPSA) is 223 Å². The minimum atomic E-state index is -1.34. The second-order valence-corrected chi connectivity index (χ2v) is 13.1. The van der Waals surface area contributed by atoms with Gasteiger partial charge >= 0.3 is 0 Å². The summed E-state index contributed by atoms with van der Waals surface area (Å²) in [5.41, 5.74) is 4.63. The Morgan fingerprint density at radius 2 is 1.85 bits per heavy atom. The molecule has 1 aromatic carbocycles. The number of fused-ring (bicyclic) bond motifs is 1. The number of amides is 4. The number of pyridine rings is 1. The normalized spacial score (nSPS) is 19.7. The molecule has 0 bridgehead atoms. The number of ketones is 1. The molecule has 2 aromatic heterocycles. The number of rotatable bonds is 10. The number of nitrogens with zero attached hydrogens (tertiary/aromatic N) is 5. The minimum Gasteiger partial charge on any atom is -0.384 e. The van der Waals surface area contributed by atoms with Crippen molar-refractivity contribution in [2.75, 3.05) is 6.54 Å². The predicted octanol–water partition coefficient (Wildman–Crippen LogP) is 1.30. The largest absolute Gasteiger partial charge is 0.384 e. The Morgan fingerprint density at radius 1 is 1.12 bits per heavy atom. The number of Topliss-reactive ketones (excluding diaryl/α,β-unsaturated/α-hetero) is 1. The van der Waals surface area contributed by atoms with E-state index < -0.39 is 53.1 Å². The Balaban J connectivity index is 1.51. The molecule has 15 heteroatoms. The van der Waals surface area contributed by atoms with Crippen molar-refractivity contribution in [3.05, 3.63) is 58.1 Å². The molecule has 3 atom stereocenters. The number of hydrogen-bond acceptors (Lipinski definition) is 9. The molecule has 1 aliphatic carbocycles. The van der Waals surface area contributed by atoms with E-state index in [1.807, 2.05) is 0 Å². The van der Waals surface area contributed by atoms with E-state index in [9.17, 15) is 33.9 Å². The Kier molecular flexibility index (Phi) is 9.98. The number of carbonyl (C=O) groups excluding carboxylic acids is 5. The lowest BCUT2D eigenvalue weighted by molar-refractivity contribution is -0.139. The molecule has 4 amide bonds. The maximum Gasteiger partial charge on any atom is 0.287 e. The number of likely N-dealkylation sites (tertiary alicyclic amines) is 1. The number of nitrogens with one attached hydrogen (secondary N) is 2. The third kappa shape index (κ3) is 7.56. The first-order valence-corrected chi connectivity index (χ1v) is 16.1. The summed E-state index contributed by atoms with van der Waals surface area (Å²) in [5.74, 6) is -4.09. The predicted molar refractivity (Wildman–Crippen MR) is 174 cm³/mol. The van der Waals surface area contributed by atoms with E-state index in [-0.39, 0.29) is 42.1 Å². The van der Waals surface area contributed by atoms with Crippen molar-refractivity contribution in [1.29, 1.82) is 0 Å². The second kappa shape index (κ2) is 14.0. The Labute approximate surface area is 276 Å². The van der Waals surface area contributed by atoms with Crippen LogP contribution in [0.15, 0.2) is 46.3 Å². The SMILES string of the molecule is CC(NC(=O)[C@@H]1C[C@H](n2nncc2C(C)(C)O)CN1C(=O)C(CC1CCCCC1)=NC(=O)c1ccc2[nH]c(=O)ccc2c1)C(=O)C(N)=O. The van der Waals surface area contributed by atoms with Gasteiger partial charge in [-0.15, -0.1) is 5.10 Å². The quantitative estimate of drug-likeness (QED) is 0.181. The van der Waals surface area contributed by atoms with Gasteiger partial charge in [-0.1, -0.05) is 37.3 Å². The van der Waals surface area contributed by atoms with E-state index in [1.54, 1.807) is 32.0 Å². The van der Waals surface area contributed by atoms with E-state index >= 15 is 0 Å². The zero-order chi connectivity index (χ0) is 34.7. The maximum atomic E-state index is 14.5. The van der Waals surface area contributed by atoms with Gasteiger partial charge in [0, 0.05) is 30.1 Å². The number of hydrogen-bond donors (Lipinski definition) is 4. The number of carbonyl (C=O) groups is 5. The molecule has 1 saturated heterocycles. The standard InChI is InChI=1S/C33H40N8O7/c1-18(28(43)29(34)44)36-31(46)25-15-22(41-26(16-35-39-41)33(2,3)48)17-40(25)32(47)24(13-19-7-5-4-6-8-19)38-30(45)21-9-11-23-20(14-21)10-12-27(42)37-23/h9-12,14,16,18-19,22,25,48H,4-8,13,15,17H2,1-3H3,(H2,34,44)(H,36,46)(H,37,42)/t18?,22-,25-/m0/s1. The van der Waals surface area contributed by atoms with Gasteiger partial charge in [0.1, 0.15) is 17.4 Å². The lowest BCUT2D eigenvalue weighted by Crippen LogP contribution is -2.52. The smallest absolute Gasteiger partial charge is 0.287 e. The highest BCUT2D eigenvalue weighted by atomic mass is 16.3. The van der Waals surface area contributed by atoms with E-state index in [0.717, 1.165) is 32.1 Å². The van der Waals surface area contributed by atoms with Gasteiger partial charge < -0.3 is 26.0 Å². The molecule has 0 radical (unpaired) electrons. The summed E-state index contributed by atoms with van der Waals surface area (Å²) in [4.78, 5) is 85.5. The number of aliphatic imine (C=N–C) groups is 1. The molecule has 5 rings (SSSR count). The Morgan fingerprint density at radius 3 is 2.54 bits per heavy atom. The third-order valence-corrected chi connectivity index (χ3v) is 9.05. The minimum absolute atomic E-state index is 0.00511. The van der Waals surface area contributed by atoms with Gasteiger partial charge in [0.05, 0.1) is 24.0 Å². The summed E-state index contributed by atoms with van der Waals surface area (Å²) in [6.45, 7) is 4.41. The van der Waals surface area contributed by atoms with Crippen LogP contribution in [0.2, 0.25) is 0 Å². The first-order chi connectivity index (χ1) is 22.7. The first-order valence-electron chi connectivity index (χ1n) is 16.1. The van der Waals surface area contributed by atoms with Gasteiger partial charge in [0.15, 0.2) is 0 Å². The van der Waals surface area contributed by atoms with Gasteiger partial charge in [-0.05, 0) is 62.8 Å². The van der Waals surface area contributed by atoms with Crippen LogP contribution in [0.4, 0.5) is 0 Å². The van der Waals surface area contributed by atoms with E-state index in [2.05, 4.69) is 25.6 Å². The molecule has 1 unspecified atom stereocenters. The van der Waals surface area contributed by atoms with Crippen molar-refractivity contribution >= 4 is 46.0 Å². The average molecular weight is 661 g/mol. The van der Waals surface area contributed by atoms with Crippen molar-refractivity contribution in [3.8, 4) is 0 Å². The number of H-pyrrole nitrogens is 1. The van der Waals surface area contributed by atoms with Crippen LogP contribution in [-0.2, 0) is 24.8 Å². The van der Waals surface area contributed by atoms with Gasteiger partial charge in [0.25, 0.3) is 17.7 Å². The fraction of sp³-hybridized carbons (Fsp3) is 0.485. The molecule has 3 heterocycles. The highest BCUT2D eigenvalue weighted by Crippen LogP contribution is 2.33. The average Bonchev–Trinajstić information content (AvgIpc) is 3.72. The van der Waals surface area contributed by atoms with E-state index in [4.69, 9.17) is 5.73 Å². The maximum absolute atomic E-state index is 14.5. The molecule has 3 aromatic rings. The fourth-order valence-electron chi connectivity index (χ4n) is 6.49. The van der Waals surface area contributed by atoms with Crippen molar-refractivity contribution < 1.29 is 29.1 Å². The van der Waals surface area contributed by atoms with Crippen molar-refractivity contribution in [3.63, 3.8) is 0 Å². The molecule has 48 heavy (non-hydrogen) atoms. The van der Waals surface area contributed by atoms with Crippen LogP contribution in [-0.4, -0.2) is 83.7 Å². The summed E-state index contributed by atoms with van der Waals surface area (Å²) in [6, 6.07) is 4.65. The summed E-state index contributed by atoms with van der Waals surface area (Å²) in [7, 11) is 0. The fourth-order valence-corrected chi connectivity index (χ4v) is 6.49. The van der Waals surface area contributed by atoms with Crippen molar-refractivity contribution in [2.45, 2.75) is 89.4 Å². The molecule has 1 saturated carbocycles. The molecule has 254 valence electrons. The first kappa shape index (κ1) is 34.3. The highest BCUT2D eigenvalue weighted by molar-refractivity contribution is 6.41. The van der Waals surface area contributed by atoms with Gasteiger partial charge in [-0.25, -0.2) is 9.67 Å². The third-order valence-electron chi connectivity index (χ3n) is 9.05. The van der Waals surface area contributed by atoms with E-state index in [0.29, 0.717) is 16.6 Å². The van der Waals surface area contributed by atoms with Gasteiger partial charge in [-0.3, -0.25) is 28.8 Å². The Hall–Kier alpha value is -5.05. The molecule has 2 fully saturated rings. The second-order valence-electron chi connectivity index (χ2n) is 13.1. The number of aromatic amines is 1. The molecular formula is C33H40N8O7. The number of aromatic nitrogens is 4. The zero-order valence-corrected chi connectivity index (χ0v) is 27.1. The van der Waals surface area contributed by atoms with E-state index in [1.165, 1.54) is 34.8 Å². The lowest BCUT2D eigenvalue weighted by Gasteiger charge is -2.27. The van der Waals surface area contributed by atoms with Crippen LogP contribution in [0, 0.1) is 5.92 Å². The molecule has 1 aliphatic heterocycles. The number of nitrogens with two attached hydrogens (primary N) is 1. The van der Waals surface area contributed by atoms with Gasteiger partial charge in [-0.2, -0.15) is 0 Å². The van der Waals surface area contributed by atoms with Crippen molar-refractivity contribution in [1.82, 2.24) is 30.2 Å². The summed E-state index contributed by atoms with van der Waals surface area (Å²) in [6.07, 6.45) is 6.42. The van der Waals surface area contributed by atoms with Crippen LogP contribution in [0.1, 0.15) is 87.8 Å². The van der Waals surface area contributed by atoms with Crippen LogP contribution >= 0.6 is 0 Å². The van der Waals surface area contributed by atoms with Crippen LogP contribution in [0.3, 0.4) is 0 Å². The number of benzene rings is 1. The monoisotopic (exact) mass is 660 g/mol. The molecule has 5 N–H and O–H groups in total. The molecular weight excluding hydrogens is 620 g/mol. The molecule has 0 spiro atoms. The molecule has 15 nitrogen and oxygen atoms in total. The number of primary amides is 1. The Bertz CT molecular complexity index is 1830. The lowest BCUT2D eigenvalue weighted by atomic mass is 9.85. The summed E-state index contributed by atoms with van der Waals surface area (Å²) >= 11 is 0. The summed E-state index contributed by atoms with van der Waals surface area (Å²) < 4.78 is 1.47. The van der Waals surface area contributed by atoms with Crippen LogP contribution < -0.4 is 16.6 Å².